The van der Waals surface area contributed by atoms with Gasteiger partial charge < -0.3 is 20.3 Å². The highest BCUT2D eigenvalue weighted by atomic mass is 31.2. The molecular formula is C10H13N6O8P. The lowest BCUT2D eigenvalue weighted by Gasteiger charge is -2.15. The summed E-state index contributed by atoms with van der Waals surface area (Å²) < 4.78 is 21.9. The summed E-state index contributed by atoms with van der Waals surface area (Å²) in [5, 5.41) is 11.2. The van der Waals surface area contributed by atoms with Crippen molar-refractivity contribution in [3.05, 3.63) is 26.8 Å². The number of H-pyrrole nitrogens is 1. The van der Waals surface area contributed by atoms with Crippen molar-refractivity contribution in [3.8, 4) is 0 Å². The number of nitrogens with two attached hydrogens (primary N) is 1. The van der Waals surface area contributed by atoms with Gasteiger partial charge in [-0.05, 0) is 0 Å². The topological polar surface area (TPSA) is 209 Å². The van der Waals surface area contributed by atoms with E-state index >= 15 is 0 Å². The van der Waals surface area contributed by atoms with Gasteiger partial charge in [-0.2, -0.15) is 4.98 Å². The van der Waals surface area contributed by atoms with Crippen LogP contribution in [0, 0.1) is 10.1 Å². The SMILES string of the molecule is Nc1nc2c(ncn2[C@H]2CC([N+](=O)[O-])[C@@H](COP(=O)(O)O)O2)c(=O)[nH]1. The number of phosphoric ester groups is 1. The summed E-state index contributed by atoms with van der Waals surface area (Å²) in [4.78, 5) is 49.9. The van der Waals surface area contributed by atoms with Crippen molar-refractivity contribution < 1.29 is 28.5 Å². The number of nitrogens with one attached hydrogen (secondary N) is 1. The summed E-state index contributed by atoms with van der Waals surface area (Å²) in [6.45, 7) is -0.671. The number of ether oxygens (including phenoxy) is 1. The zero-order valence-corrected chi connectivity index (χ0v) is 13.3. The predicted molar refractivity (Wildman–Crippen MR) is 79.9 cm³/mol. The van der Waals surface area contributed by atoms with Crippen molar-refractivity contribution in [2.75, 3.05) is 12.3 Å². The average molecular weight is 376 g/mol. The first-order valence-electron chi connectivity index (χ1n) is 6.87. The standard InChI is InChI=1S/C10H13N6O8P/c11-10-13-8-7(9(17)14-10)12-3-15(8)6-1-4(16(18)19)5(24-6)2-23-25(20,21)22/h3-6H,1-2H2,(H2,20,21,22)(H3,11,13,14,17)/t4?,5-,6-/m1/s1. The van der Waals surface area contributed by atoms with Crippen molar-refractivity contribution in [2.24, 2.45) is 0 Å². The van der Waals surface area contributed by atoms with Gasteiger partial charge >= 0.3 is 7.82 Å². The van der Waals surface area contributed by atoms with Crippen molar-refractivity contribution in [1.29, 1.82) is 0 Å². The molecule has 1 saturated heterocycles. The van der Waals surface area contributed by atoms with Crippen LogP contribution < -0.4 is 11.3 Å². The van der Waals surface area contributed by atoms with E-state index in [0.717, 1.165) is 0 Å². The molecule has 0 saturated carbocycles. The fourth-order valence-electron chi connectivity index (χ4n) is 2.58. The number of fused-ring (bicyclic) bond motifs is 1. The Balaban J connectivity index is 1.90. The van der Waals surface area contributed by atoms with E-state index in [1.165, 1.54) is 10.9 Å². The molecule has 0 amide bonds. The lowest BCUT2D eigenvalue weighted by atomic mass is 10.1. The molecule has 3 rings (SSSR count). The molecule has 3 heterocycles. The molecule has 2 aromatic heterocycles. The largest absolute Gasteiger partial charge is 0.469 e. The molecule has 0 aliphatic carbocycles. The maximum atomic E-state index is 11.8. The third kappa shape index (κ3) is 3.52. The molecule has 1 aliphatic rings. The number of rotatable bonds is 5. The summed E-state index contributed by atoms with van der Waals surface area (Å²) in [6.07, 6.45) is -1.05. The number of nitro groups is 1. The molecule has 136 valence electrons. The second kappa shape index (κ2) is 6.16. The normalized spacial score (nSPS) is 24.0. The Morgan fingerprint density at radius 1 is 1.60 bits per heavy atom. The minimum absolute atomic E-state index is 0.0228. The van der Waals surface area contributed by atoms with E-state index in [1.54, 1.807) is 0 Å². The molecule has 1 aliphatic heterocycles. The molecule has 3 atom stereocenters. The zero-order chi connectivity index (χ0) is 18.4. The maximum Gasteiger partial charge on any atom is 0.469 e. The van der Waals surface area contributed by atoms with Crippen LogP contribution in [0.3, 0.4) is 0 Å². The van der Waals surface area contributed by atoms with Gasteiger partial charge in [-0.1, -0.05) is 0 Å². The van der Waals surface area contributed by atoms with E-state index in [1.807, 2.05) is 0 Å². The predicted octanol–water partition coefficient (Wildman–Crippen LogP) is -1.26. The van der Waals surface area contributed by atoms with Gasteiger partial charge in [0, 0.05) is 4.92 Å². The van der Waals surface area contributed by atoms with Gasteiger partial charge in [-0.3, -0.25) is 29.0 Å². The highest BCUT2D eigenvalue weighted by molar-refractivity contribution is 7.46. The second-order valence-corrected chi connectivity index (χ2v) is 6.52. The number of hydrogen-bond donors (Lipinski definition) is 4. The number of imidazole rings is 1. The first-order valence-corrected chi connectivity index (χ1v) is 8.40. The van der Waals surface area contributed by atoms with Gasteiger partial charge in [0.15, 0.2) is 17.3 Å². The molecule has 14 nitrogen and oxygen atoms in total. The number of aromatic nitrogens is 4. The Labute approximate surface area is 138 Å². The number of anilines is 1. The molecule has 0 spiro atoms. The Bertz CT molecular complexity index is 920. The van der Waals surface area contributed by atoms with Crippen LogP contribution in [-0.4, -0.2) is 53.0 Å². The Hall–Kier alpha value is -2.38. The van der Waals surface area contributed by atoms with Crippen LogP contribution in [0.1, 0.15) is 12.6 Å². The summed E-state index contributed by atoms with van der Waals surface area (Å²) >= 11 is 0. The Morgan fingerprint density at radius 3 is 2.96 bits per heavy atom. The van der Waals surface area contributed by atoms with Crippen molar-refractivity contribution >= 4 is 24.9 Å². The molecule has 2 aromatic rings. The number of hydrogen-bond acceptors (Lipinski definition) is 9. The molecular weight excluding hydrogens is 363 g/mol. The van der Waals surface area contributed by atoms with Gasteiger partial charge in [0.25, 0.3) is 5.56 Å². The van der Waals surface area contributed by atoms with E-state index in [2.05, 4.69) is 19.5 Å². The highest BCUT2D eigenvalue weighted by Crippen LogP contribution is 2.39. The van der Waals surface area contributed by atoms with Gasteiger partial charge in [-0.15, -0.1) is 0 Å². The maximum absolute atomic E-state index is 11.8. The smallest absolute Gasteiger partial charge is 0.369 e. The van der Waals surface area contributed by atoms with Crippen LogP contribution in [0.5, 0.6) is 0 Å². The Morgan fingerprint density at radius 2 is 2.32 bits per heavy atom. The van der Waals surface area contributed by atoms with Crippen LogP contribution in [0.25, 0.3) is 11.2 Å². The fraction of sp³-hybridized carbons (Fsp3) is 0.500. The first-order chi connectivity index (χ1) is 11.7. The number of nitrogens with zero attached hydrogens (tertiary/aromatic N) is 4. The average Bonchev–Trinajstić information content (AvgIpc) is 3.07. The lowest BCUT2D eigenvalue weighted by molar-refractivity contribution is -0.527. The molecule has 1 fully saturated rings. The number of nitrogen functional groups attached to an aromatic ring is 1. The van der Waals surface area contributed by atoms with E-state index in [-0.39, 0.29) is 23.5 Å². The van der Waals surface area contributed by atoms with Crippen molar-refractivity contribution in [1.82, 2.24) is 19.5 Å². The molecule has 25 heavy (non-hydrogen) atoms. The summed E-state index contributed by atoms with van der Waals surface area (Å²) in [7, 11) is -4.80. The van der Waals surface area contributed by atoms with Crippen LogP contribution >= 0.6 is 7.82 Å². The Kier molecular flexibility index (Phi) is 4.30. The lowest BCUT2D eigenvalue weighted by Crippen LogP contribution is -2.32. The molecule has 0 bridgehead atoms. The fourth-order valence-corrected chi connectivity index (χ4v) is 2.92. The summed E-state index contributed by atoms with van der Waals surface area (Å²) in [6, 6.07) is -1.27. The number of phosphoric acid groups is 1. The highest BCUT2D eigenvalue weighted by Gasteiger charge is 2.45. The third-order valence-electron chi connectivity index (χ3n) is 3.64. The third-order valence-corrected chi connectivity index (χ3v) is 4.13. The molecule has 1 unspecified atom stereocenters. The van der Waals surface area contributed by atoms with Crippen molar-refractivity contribution in [3.63, 3.8) is 0 Å². The van der Waals surface area contributed by atoms with Crippen LogP contribution in [0.4, 0.5) is 5.95 Å². The monoisotopic (exact) mass is 376 g/mol. The van der Waals surface area contributed by atoms with E-state index < -0.39 is 43.3 Å². The van der Waals surface area contributed by atoms with Gasteiger partial charge in [0.05, 0.1) is 19.4 Å². The quantitative estimate of drug-likeness (QED) is 0.275. The van der Waals surface area contributed by atoms with Gasteiger partial charge in [0.2, 0.25) is 12.0 Å². The van der Waals surface area contributed by atoms with E-state index in [4.69, 9.17) is 20.3 Å². The van der Waals surface area contributed by atoms with Crippen LogP contribution in [0.15, 0.2) is 11.1 Å². The van der Waals surface area contributed by atoms with Gasteiger partial charge in [-0.25, -0.2) is 9.55 Å². The second-order valence-electron chi connectivity index (χ2n) is 5.28. The van der Waals surface area contributed by atoms with E-state index in [9.17, 15) is 19.5 Å². The minimum Gasteiger partial charge on any atom is -0.369 e. The van der Waals surface area contributed by atoms with Gasteiger partial charge in [0.1, 0.15) is 6.23 Å². The minimum atomic E-state index is -4.80. The summed E-state index contributed by atoms with van der Waals surface area (Å²) in [5.74, 6) is -0.163. The van der Waals surface area contributed by atoms with Crippen LogP contribution in [-0.2, 0) is 13.8 Å². The van der Waals surface area contributed by atoms with E-state index in [0.29, 0.717) is 0 Å². The first kappa shape index (κ1) is 17.4. The number of aromatic amines is 1. The van der Waals surface area contributed by atoms with Crippen LogP contribution in [0.2, 0.25) is 0 Å². The molecule has 5 N–H and O–H groups in total. The molecule has 0 aromatic carbocycles. The zero-order valence-electron chi connectivity index (χ0n) is 12.4. The summed E-state index contributed by atoms with van der Waals surface area (Å²) in [5.41, 5.74) is 4.96. The molecule has 0 radical (unpaired) electrons. The molecule has 15 heteroatoms. The van der Waals surface area contributed by atoms with Crippen molar-refractivity contribution in [2.45, 2.75) is 24.8 Å².